The zero-order valence-corrected chi connectivity index (χ0v) is 18.8. The van der Waals surface area contributed by atoms with E-state index in [-0.39, 0.29) is 24.9 Å². The molecular formula is C24H31ClN2O3. The lowest BCUT2D eigenvalue weighted by molar-refractivity contribution is -0.137. The normalized spacial score (nSPS) is 22.0. The zero-order chi connectivity index (χ0) is 21.9. The summed E-state index contributed by atoms with van der Waals surface area (Å²) < 4.78 is 0. The quantitative estimate of drug-likeness (QED) is 0.586. The van der Waals surface area contributed by atoms with Crippen LogP contribution in [0.5, 0.6) is 0 Å². The Hall–Kier alpha value is -2.27. The standard InChI is InChI=1S/C24H31ClN2O3/c1-16(2)20-15-27(12-11-22(28)29)23(30)26-24(20,3)19-10-9-18(21(25)14-19)13-17-7-5-4-6-8-17/h9-10,13-16H,4-8,11-12H2,1-3H3,(H,26,30)(H,28,29)/t24-/m0/s1. The number of hydrogen-bond acceptors (Lipinski definition) is 2. The molecule has 0 aromatic heterocycles. The average molecular weight is 431 g/mol. The minimum atomic E-state index is -0.926. The predicted molar refractivity (Wildman–Crippen MR) is 120 cm³/mol. The molecule has 2 amide bonds. The van der Waals surface area contributed by atoms with Gasteiger partial charge in [0, 0.05) is 17.8 Å². The monoisotopic (exact) mass is 430 g/mol. The molecule has 0 bridgehead atoms. The molecule has 1 atom stereocenters. The van der Waals surface area contributed by atoms with Crippen LogP contribution in [0, 0.1) is 5.92 Å². The molecule has 0 saturated heterocycles. The maximum Gasteiger partial charge on any atom is 0.322 e. The molecule has 2 aliphatic rings. The van der Waals surface area contributed by atoms with E-state index in [1.54, 1.807) is 6.20 Å². The third-order valence-electron chi connectivity index (χ3n) is 6.11. The summed E-state index contributed by atoms with van der Waals surface area (Å²) in [6, 6.07) is 5.71. The fraction of sp³-hybridized carbons (Fsp3) is 0.500. The maximum absolute atomic E-state index is 12.7. The van der Waals surface area contributed by atoms with E-state index in [9.17, 15) is 9.59 Å². The summed E-state index contributed by atoms with van der Waals surface area (Å²) in [7, 11) is 0. The van der Waals surface area contributed by atoms with Crippen molar-refractivity contribution in [2.45, 2.75) is 64.8 Å². The van der Waals surface area contributed by atoms with E-state index in [1.807, 2.05) is 25.1 Å². The van der Waals surface area contributed by atoms with Gasteiger partial charge < -0.3 is 15.3 Å². The van der Waals surface area contributed by atoms with E-state index >= 15 is 0 Å². The molecule has 162 valence electrons. The molecule has 0 unspecified atom stereocenters. The Labute approximate surface area is 183 Å². The van der Waals surface area contributed by atoms with Gasteiger partial charge in [0.1, 0.15) is 0 Å². The summed E-state index contributed by atoms with van der Waals surface area (Å²) in [5, 5.41) is 12.7. The van der Waals surface area contributed by atoms with Gasteiger partial charge in [0.2, 0.25) is 0 Å². The van der Waals surface area contributed by atoms with Gasteiger partial charge in [0.25, 0.3) is 0 Å². The molecule has 1 aromatic rings. The number of hydrogen-bond donors (Lipinski definition) is 2. The van der Waals surface area contributed by atoms with Crippen LogP contribution in [0.2, 0.25) is 5.02 Å². The molecule has 0 radical (unpaired) electrons. The number of carboxylic acid groups (broad SMARTS) is 1. The van der Waals surface area contributed by atoms with E-state index < -0.39 is 11.5 Å². The van der Waals surface area contributed by atoms with E-state index in [0.29, 0.717) is 5.02 Å². The predicted octanol–water partition coefficient (Wildman–Crippen LogP) is 5.94. The van der Waals surface area contributed by atoms with E-state index in [0.717, 1.165) is 29.5 Å². The minimum absolute atomic E-state index is 0.0960. The van der Waals surface area contributed by atoms with Gasteiger partial charge in [-0.1, -0.05) is 55.7 Å². The van der Waals surface area contributed by atoms with Crippen molar-refractivity contribution in [1.29, 1.82) is 0 Å². The summed E-state index contributed by atoms with van der Waals surface area (Å²) >= 11 is 6.65. The van der Waals surface area contributed by atoms with Crippen molar-refractivity contribution < 1.29 is 14.7 Å². The Morgan fingerprint density at radius 3 is 2.60 bits per heavy atom. The van der Waals surface area contributed by atoms with Crippen molar-refractivity contribution in [3.05, 3.63) is 51.7 Å². The van der Waals surface area contributed by atoms with Crippen LogP contribution in [-0.4, -0.2) is 28.6 Å². The molecule has 1 saturated carbocycles. The van der Waals surface area contributed by atoms with Crippen LogP contribution in [-0.2, 0) is 10.3 Å². The number of nitrogens with zero attached hydrogens (tertiary/aromatic N) is 1. The van der Waals surface area contributed by atoms with Crippen LogP contribution in [0.15, 0.2) is 35.5 Å². The Kier molecular flexibility index (Phi) is 6.91. The molecule has 1 aliphatic carbocycles. The first-order valence-electron chi connectivity index (χ1n) is 10.7. The van der Waals surface area contributed by atoms with Gasteiger partial charge >= 0.3 is 12.0 Å². The Balaban J connectivity index is 1.92. The van der Waals surface area contributed by atoms with Gasteiger partial charge in [0.05, 0.1) is 12.0 Å². The number of carbonyl (C=O) groups excluding carboxylic acids is 1. The van der Waals surface area contributed by atoms with Crippen molar-refractivity contribution >= 4 is 29.7 Å². The molecule has 2 N–H and O–H groups in total. The molecule has 6 heteroatoms. The number of aliphatic carboxylic acids is 1. The lowest BCUT2D eigenvalue weighted by atomic mass is 9.78. The van der Waals surface area contributed by atoms with Crippen LogP contribution >= 0.6 is 11.6 Å². The van der Waals surface area contributed by atoms with Crippen LogP contribution < -0.4 is 5.32 Å². The first-order valence-corrected chi connectivity index (χ1v) is 11.1. The highest BCUT2D eigenvalue weighted by Crippen LogP contribution is 2.39. The van der Waals surface area contributed by atoms with Crippen molar-refractivity contribution in [3.63, 3.8) is 0 Å². The van der Waals surface area contributed by atoms with E-state index in [4.69, 9.17) is 16.7 Å². The number of halogens is 1. The average Bonchev–Trinajstić information content (AvgIpc) is 2.69. The molecule has 0 spiro atoms. The van der Waals surface area contributed by atoms with Gasteiger partial charge in [-0.25, -0.2) is 4.79 Å². The molecule has 1 aromatic carbocycles. The number of nitrogens with one attached hydrogen (secondary N) is 1. The largest absolute Gasteiger partial charge is 0.481 e. The Bertz CT molecular complexity index is 882. The number of allylic oxidation sites excluding steroid dienone is 1. The van der Waals surface area contributed by atoms with Crippen LogP contribution in [0.3, 0.4) is 0 Å². The molecule has 5 nitrogen and oxygen atoms in total. The molecule has 1 aliphatic heterocycles. The van der Waals surface area contributed by atoms with Crippen molar-refractivity contribution in [2.75, 3.05) is 6.54 Å². The number of carbonyl (C=O) groups is 2. The van der Waals surface area contributed by atoms with Gasteiger partial charge in [-0.2, -0.15) is 0 Å². The van der Waals surface area contributed by atoms with Crippen LogP contribution in [0.25, 0.3) is 6.08 Å². The summed E-state index contributed by atoms with van der Waals surface area (Å²) in [6.07, 6.45) is 9.98. The van der Waals surface area contributed by atoms with Crippen LogP contribution in [0.4, 0.5) is 4.79 Å². The SMILES string of the molecule is CC(C)C1=CN(CCC(=O)O)C(=O)N[C@@]1(C)c1ccc(C=C2CCCCC2)c(Cl)c1. The Morgan fingerprint density at radius 2 is 2.00 bits per heavy atom. The first-order chi connectivity index (χ1) is 14.2. The third-order valence-corrected chi connectivity index (χ3v) is 6.44. The van der Waals surface area contributed by atoms with Gasteiger partial charge in [0.15, 0.2) is 0 Å². The maximum atomic E-state index is 12.7. The zero-order valence-electron chi connectivity index (χ0n) is 18.0. The second kappa shape index (κ2) is 9.25. The number of benzene rings is 1. The fourth-order valence-electron chi connectivity index (χ4n) is 4.39. The fourth-order valence-corrected chi connectivity index (χ4v) is 4.62. The molecular weight excluding hydrogens is 400 g/mol. The number of rotatable bonds is 6. The summed E-state index contributed by atoms with van der Waals surface area (Å²) in [4.78, 5) is 25.1. The third kappa shape index (κ3) is 4.89. The lowest BCUT2D eigenvalue weighted by Crippen LogP contribution is -2.54. The van der Waals surface area contributed by atoms with Crippen molar-refractivity contribution in [3.8, 4) is 0 Å². The number of carboxylic acids is 1. The second-order valence-corrected chi connectivity index (χ2v) is 9.14. The summed E-state index contributed by atoms with van der Waals surface area (Å²) in [6.45, 7) is 6.26. The molecule has 30 heavy (non-hydrogen) atoms. The summed E-state index contributed by atoms with van der Waals surface area (Å²) in [5.74, 6) is -0.768. The van der Waals surface area contributed by atoms with Gasteiger partial charge in [-0.3, -0.25) is 4.79 Å². The second-order valence-electron chi connectivity index (χ2n) is 8.73. The molecule has 1 heterocycles. The van der Waals surface area contributed by atoms with E-state index in [1.165, 1.54) is 29.7 Å². The molecule has 1 fully saturated rings. The van der Waals surface area contributed by atoms with Crippen LogP contribution in [0.1, 0.15) is 70.4 Å². The highest BCUT2D eigenvalue weighted by atomic mass is 35.5. The number of amides is 2. The van der Waals surface area contributed by atoms with Crippen molar-refractivity contribution in [1.82, 2.24) is 10.2 Å². The topological polar surface area (TPSA) is 69.6 Å². The van der Waals surface area contributed by atoms with Crippen molar-refractivity contribution in [2.24, 2.45) is 5.92 Å². The highest BCUT2D eigenvalue weighted by Gasteiger charge is 2.39. The first kappa shape index (κ1) is 22.4. The van der Waals surface area contributed by atoms with Gasteiger partial charge in [-0.15, -0.1) is 0 Å². The minimum Gasteiger partial charge on any atom is -0.481 e. The number of urea groups is 1. The smallest absolute Gasteiger partial charge is 0.322 e. The molecule has 3 rings (SSSR count). The summed E-state index contributed by atoms with van der Waals surface area (Å²) in [5.41, 5.74) is 3.70. The highest BCUT2D eigenvalue weighted by molar-refractivity contribution is 6.32. The lowest BCUT2D eigenvalue weighted by Gasteiger charge is -2.42. The van der Waals surface area contributed by atoms with E-state index in [2.05, 4.69) is 25.2 Å². The van der Waals surface area contributed by atoms with Gasteiger partial charge in [-0.05, 0) is 61.3 Å². The Morgan fingerprint density at radius 1 is 1.30 bits per heavy atom.